The van der Waals surface area contributed by atoms with Crippen LogP contribution in [0.4, 0.5) is 0 Å². The van der Waals surface area contributed by atoms with Crippen molar-refractivity contribution in [3.8, 4) is 0 Å². The van der Waals surface area contributed by atoms with Crippen LogP contribution in [0.25, 0.3) is 0 Å². The van der Waals surface area contributed by atoms with E-state index in [0.29, 0.717) is 12.0 Å². The smallest absolute Gasteiger partial charge is 0.321 e. The van der Waals surface area contributed by atoms with E-state index >= 15 is 0 Å². The van der Waals surface area contributed by atoms with Gasteiger partial charge in [0.15, 0.2) is 5.78 Å². The van der Waals surface area contributed by atoms with Crippen molar-refractivity contribution in [3.63, 3.8) is 0 Å². The zero-order chi connectivity index (χ0) is 16.0. The zero-order valence-electron chi connectivity index (χ0n) is 12.3. The van der Waals surface area contributed by atoms with E-state index in [2.05, 4.69) is 0 Å². The van der Waals surface area contributed by atoms with Crippen LogP contribution in [0.5, 0.6) is 0 Å². The number of sulfonamides is 1. The van der Waals surface area contributed by atoms with Crippen molar-refractivity contribution < 1.29 is 22.7 Å². The number of hydrogen-bond acceptors (Lipinski definition) is 5. The van der Waals surface area contributed by atoms with Gasteiger partial charge in [0.25, 0.3) is 0 Å². The van der Waals surface area contributed by atoms with Crippen molar-refractivity contribution in [3.05, 3.63) is 29.8 Å². The van der Waals surface area contributed by atoms with Crippen molar-refractivity contribution in [1.82, 2.24) is 4.31 Å². The number of Topliss-reactive ketones (excluding diaryl/α,β-unsaturated/α-hetero) is 1. The number of benzene rings is 1. The maximum absolute atomic E-state index is 12.3. The Hall–Kier alpha value is -1.73. The number of likely N-dealkylation sites (N-methyl/N-ethyl adjacent to an activating group) is 1. The van der Waals surface area contributed by atoms with Crippen LogP contribution in [0.15, 0.2) is 29.2 Å². The molecule has 0 aliphatic rings. The quantitative estimate of drug-likeness (QED) is 0.562. The van der Waals surface area contributed by atoms with Gasteiger partial charge in [0.1, 0.15) is 6.54 Å². The van der Waals surface area contributed by atoms with Crippen LogP contribution in [0.2, 0.25) is 0 Å². The highest BCUT2D eigenvalue weighted by Gasteiger charge is 2.24. The number of esters is 1. The number of nitrogens with zero attached hydrogens (tertiary/aromatic N) is 1. The van der Waals surface area contributed by atoms with E-state index in [0.717, 1.165) is 4.31 Å². The second-order valence-corrected chi connectivity index (χ2v) is 6.42. The molecule has 0 atom stereocenters. The third kappa shape index (κ3) is 4.37. The average Bonchev–Trinajstić information content (AvgIpc) is 2.46. The van der Waals surface area contributed by atoms with Crippen molar-refractivity contribution >= 4 is 21.8 Å². The molecule has 0 saturated heterocycles. The summed E-state index contributed by atoms with van der Waals surface area (Å²) in [4.78, 5) is 23.0. The SMILES string of the molecule is CCOC(=O)CN(C)S(=O)(=O)c1cccc(C(=O)CC)c1. The first-order valence-corrected chi connectivity index (χ1v) is 8.02. The van der Waals surface area contributed by atoms with Crippen molar-refractivity contribution in [2.75, 3.05) is 20.2 Å². The molecule has 7 heteroatoms. The van der Waals surface area contributed by atoms with Gasteiger partial charge in [-0.05, 0) is 19.1 Å². The minimum absolute atomic E-state index is 0.0198. The summed E-state index contributed by atoms with van der Waals surface area (Å²) in [6.07, 6.45) is 0.294. The Morgan fingerprint density at radius 2 is 1.90 bits per heavy atom. The summed E-state index contributed by atoms with van der Waals surface area (Å²) in [5.41, 5.74) is 0.336. The fourth-order valence-corrected chi connectivity index (χ4v) is 2.85. The lowest BCUT2D eigenvalue weighted by molar-refractivity contribution is -0.143. The standard InChI is InChI=1S/C14H19NO5S/c1-4-13(16)11-7-6-8-12(9-11)21(18,19)15(3)10-14(17)20-5-2/h6-9H,4-5,10H2,1-3H3. The van der Waals surface area contributed by atoms with Gasteiger partial charge in [0.05, 0.1) is 11.5 Å². The van der Waals surface area contributed by atoms with Gasteiger partial charge in [-0.25, -0.2) is 8.42 Å². The minimum Gasteiger partial charge on any atom is -0.465 e. The van der Waals surface area contributed by atoms with Gasteiger partial charge in [-0.2, -0.15) is 4.31 Å². The molecule has 0 saturated carbocycles. The van der Waals surface area contributed by atoms with Crippen LogP contribution < -0.4 is 0 Å². The highest BCUT2D eigenvalue weighted by molar-refractivity contribution is 7.89. The summed E-state index contributed by atoms with van der Waals surface area (Å²) in [5.74, 6) is -0.760. The number of rotatable bonds is 7. The van der Waals surface area contributed by atoms with E-state index in [1.807, 2.05) is 0 Å². The Balaban J connectivity index is 3.02. The fraction of sp³-hybridized carbons (Fsp3) is 0.429. The molecule has 0 aromatic heterocycles. The van der Waals surface area contributed by atoms with Gasteiger partial charge in [0.2, 0.25) is 10.0 Å². The van der Waals surface area contributed by atoms with Crippen molar-refractivity contribution in [2.24, 2.45) is 0 Å². The second-order valence-electron chi connectivity index (χ2n) is 4.37. The summed E-state index contributed by atoms with van der Waals surface area (Å²) in [6, 6.07) is 5.79. The highest BCUT2D eigenvalue weighted by atomic mass is 32.2. The first-order valence-electron chi connectivity index (χ1n) is 6.58. The first kappa shape index (κ1) is 17.3. The van der Waals surface area contributed by atoms with Gasteiger partial charge in [-0.1, -0.05) is 19.1 Å². The van der Waals surface area contributed by atoms with Crippen LogP contribution in [-0.4, -0.2) is 44.7 Å². The molecule has 1 aromatic carbocycles. The van der Waals surface area contributed by atoms with E-state index in [9.17, 15) is 18.0 Å². The molecule has 0 aliphatic carbocycles. The van der Waals surface area contributed by atoms with Crippen LogP contribution in [0.1, 0.15) is 30.6 Å². The average molecular weight is 313 g/mol. The maximum atomic E-state index is 12.3. The molecule has 0 spiro atoms. The lowest BCUT2D eigenvalue weighted by Crippen LogP contribution is -2.33. The molecule has 1 aromatic rings. The van der Waals surface area contributed by atoms with Crippen LogP contribution in [0.3, 0.4) is 0 Å². The Morgan fingerprint density at radius 3 is 2.48 bits per heavy atom. The van der Waals surface area contributed by atoms with E-state index in [-0.39, 0.29) is 23.8 Å². The third-order valence-electron chi connectivity index (χ3n) is 2.84. The number of carbonyl (C=O) groups excluding carboxylic acids is 2. The van der Waals surface area contributed by atoms with Gasteiger partial charge in [0, 0.05) is 19.0 Å². The fourth-order valence-electron chi connectivity index (χ4n) is 1.69. The summed E-state index contributed by atoms with van der Waals surface area (Å²) in [6.45, 7) is 3.16. The molecular weight excluding hydrogens is 294 g/mol. The normalized spacial score (nSPS) is 11.4. The molecule has 0 amide bonds. The van der Waals surface area contributed by atoms with E-state index in [1.54, 1.807) is 19.9 Å². The molecule has 0 bridgehead atoms. The molecule has 0 radical (unpaired) electrons. The Kier molecular flexibility index (Phi) is 6.04. The monoisotopic (exact) mass is 313 g/mol. The molecule has 0 fully saturated rings. The summed E-state index contributed by atoms with van der Waals surface area (Å²) < 4.78 is 30.3. The molecule has 0 N–H and O–H groups in total. The van der Waals surface area contributed by atoms with E-state index in [1.165, 1.54) is 25.2 Å². The highest BCUT2D eigenvalue weighted by Crippen LogP contribution is 2.17. The lowest BCUT2D eigenvalue weighted by Gasteiger charge is -2.16. The first-order chi connectivity index (χ1) is 9.82. The topological polar surface area (TPSA) is 80.8 Å². The number of ether oxygens (including phenoxy) is 1. The summed E-state index contributed by atoms with van der Waals surface area (Å²) in [5, 5.41) is 0. The molecule has 116 valence electrons. The van der Waals surface area contributed by atoms with Crippen molar-refractivity contribution in [1.29, 1.82) is 0 Å². The molecule has 0 aliphatic heterocycles. The third-order valence-corrected chi connectivity index (χ3v) is 4.64. The Bertz CT molecular complexity index is 624. The largest absolute Gasteiger partial charge is 0.465 e. The van der Waals surface area contributed by atoms with Gasteiger partial charge in [-0.3, -0.25) is 9.59 Å². The van der Waals surface area contributed by atoms with Crippen LogP contribution >= 0.6 is 0 Å². The number of ketones is 1. The lowest BCUT2D eigenvalue weighted by atomic mass is 10.1. The Morgan fingerprint density at radius 1 is 1.24 bits per heavy atom. The second kappa shape index (κ2) is 7.33. The zero-order valence-corrected chi connectivity index (χ0v) is 13.1. The van der Waals surface area contributed by atoms with Gasteiger partial charge >= 0.3 is 5.97 Å². The predicted octanol–water partition coefficient (Wildman–Crippen LogP) is 1.46. The molecule has 0 heterocycles. The number of hydrogen-bond donors (Lipinski definition) is 0. The van der Waals surface area contributed by atoms with Gasteiger partial charge < -0.3 is 4.74 Å². The molecule has 6 nitrogen and oxygen atoms in total. The van der Waals surface area contributed by atoms with Gasteiger partial charge in [-0.15, -0.1) is 0 Å². The Labute approximate surface area is 124 Å². The predicted molar refractivity (Wildman–Crippen MR) is 77.5 cm³/mol. The van der Waals surface area contributed by atoms with Crippen molar-refractivity contribution in [2.45, 2.75) is 25.2 Å². The van der Waals surface area contributed by atoms with Crippen LogP contribution in [0, 0.1) is 0 Å². The summed E-state index contributed by atoms with van der Waals surface area (Å²) in [7, 11) is -2.54. The van der Waals surface area contributed by atoms with Crippen LogP contribution in [-0.2, 0) is 19.6 Å². The minimum atomic E-state index is -3.84. The molecular formula is C14H19NO5S. The molecule has 21 heavy (non-hydrogen) atoms. The summed E-state index contributed by atoms with van der Waals surface area (Å²) >= 11 is 0. The maximum Gasteiger partial charge on any atom is 0.321 e. The molecule has 1 rings (SSSR count). The number of carbonyl (C=O) groups is 2. The van der Waals surface area contributed by atoms with E-state index < -0.39 is 16.0 Å². The molecule has 0 unspecified atom stereocenters. The van der Waals surface area contributed by atoms with E-state index in [4.69, 9.17) is 4.74 Å².